The Balaban J connectivity index is 2.41. The van der Waals surface area contributed by atoms with Crippen LogP contribution in [0.3, 0.4) is 0 Å². The molecule has 0 spiro atoms. The fourth-order valence-electron chi connectivity index (χ4n) is 3.36. The minimum Gasteiger partial charge on any atom is -0.372 e. The zero-order valence-corrected chi connectivity index (χ0v) is 16.9. The molecule has 1 heteroatoms. The summed E-state index contributed by atoms with van der Waals surface area (Å²) in [4.78, 5) is 2.60. The number of hydrogen-bond donors (Lipinski definition) is 0. The highest BCUT2D eigenvalue weighted by Crippen LogP contribution is 2.19. The van der Waals surface area contributed by atoms with Crippen LogP contribution in [-0.4, -0.2) is 13.1 Å². The van der Waals surface area contributed by atoms with E-state index in [1.54, 1.807) is 0 Å². The summed E-state index contributed by atoms with van der Waals surface area (Å²) in [7, 11) is 0. The maximum atomic E-state index is 3.86. The lowest BCUT2D eigenvalue weighted by atomic mass is 10.1. The van der Waals surface area contributed by atoms with Gasteiger partial charge in [0.15, 0.2) is 0 Å². The van der Waals surface area contributed by atoms with Crippen molar-refractivity contribution < 1.29 is 0 Å². The number of benzene rings is 1. The topological polar surface area (TPSA) is 3.24 Å². The van der Waals surface area contributed by atoms with Gasteiger partial charge >= 0.3 is 0 Å². The molecule has 0 amide bonds. The summed E-state index contributed by atoms with van der Waals surface area (Å²) in [6.07, 6.45) is 18.4. The van der Waals surface area contributed by atoms with E-state index in [9.17, 15) is 0 Å². The van der Waals surface area contributed by atoms with E-state index in [-0.39, 0.29) is 0 Å². The molecule has 0 unspecified atom stereocenters. The summed E-state index contributed by atoms with van der Waals surface area (Å²) < 4.78 is 0. The zero-order valence-electron chi connectivity index (χ0n) is 16.9. The number of hydrogen-bond acceptors (Lipinski definition) is 1. The minimum atomic E-state index is 1.20. The summed E-state index contributed by atoms with van der Waals surface area (Å²) in [5.41, 5.74) is 2.59. The van der Waals surface area contributed by atoms with E-state index in [1.165, 1.54) is 101 Å². The molecule has 25 heavy (non-hydrogen) atoms. The van der Waals surface area contributed by atoms with Crippen LogP contribution in [0, 0.1) is 0 Å². The number of anilines is 1. The van der Waals surface area contributed by atoms with Crippen LogP contribution in [-0.2, 0) is 0 Å². The largest absolute Gasteiger partial charge is 0.372 e. The number of nitrogens with zero attached hydrogens (tertiary/aromatic N) is 1. The second-order valence-electron chi connectivity index (χ2n) is 7.32. The highest BCUT2D eigenvalue weighted by molar-refractivity contribution is 5.54. The van der Waals surface area contributed by atoms with Crippen LogP contribution in [0.15, 0.2) is 30.8 Å². The first-order chi connectivity index (χ1) is 12.3. The van der Waals surface area contributed by atoms with E-state index in [0.29, 0.717) is 0 Å². The van der Waals surface area contributed by atoms with Gasteiger partial charge in [0.1, 0.15) is 0 Å². The molecule has 0 saturated carbocycles. The van der Waals surface area contributed by atoms with Crippen molar-refractivity contribution in [3.63, 3.8) is 0 Å². The fourth-order valence-corrected chi connectivity index (χ4v) is 3.36. The smallest absolute Gasteiger partial charge is 0.0366 e. The summed E-state index contributed by atoms with van der Waals surface area (Å²) in [5.74, 6) is 0. The monoisotopic (exact) mass is 343 g/mol. The first-order valence-corrected chi connectivity index (χ1v) is 10.8. The Hall–Kier alpha value is -1.24. The van der Waals surface area contributed by atoms with E-state index in [0.717, 1.165) is 0 Å². The van der Waals surface area contributed by atoms with Crippen molar-refractivity contribution in [2.45, 2.75) is 90.9 Å². The third kappa shape index (κ3) is 10.4. The molecular weight excluding hydrogens is 302 g/mol. The fraction of sp³-hybridized carbons (Fsp3) is 0.667. The molecule has 0 N–H and O–H groups in total. The van der Waals surface area contributed by atoms with Gasteiger partial charge in [-0.3, -0.25) is 0 Å². The van der Waals surface area contributed by atoms with Gasteiger partial charge in [-0.15, -0.1) is 0 Å². The average molecular weight is 344 g/mol. The molecular formula is C24H41N. The Bertz CT molecular complexity index is 404. The predicted octanol–water partition coefficient (Wildman–Crippen LogP) is 7.86. The average Bonchev–Trinajstić information content (AvgIpc) is 2.65. The maximum Gasteiger partial charge on any atom is 0.0366 e. The van der Waals surface area contributed by atoms with Gasteiger partial charge in [0.05, 0.1) is 0 Å². The Morgan fingerprint density at radius 1 is 0.680 bits per heavy atom. The number of rotatable bonds is 16. The number of unbranched alkanes of at least 4 members (excludes halogenated alkanes) is 10. The molecule has 0 atom stereocenters. The van der Waals surface area contributed by atoms with E-state index < -0.39 is 0 Å². The molecule has 0 radical (unpaired) electrons. The normalized spacial score (nSPS) is 10.8. The molecule has 1 rings (SSSR count). The van der Waals surface area contributed by atoms with Crippen molar-refractivity contribution in [1.82, 2.24) is 0 Å². The van der Waals surface area contributed by atoms with E-state index >= 15 is 0 Å². The lowest BCUT2D eigenvalue weighted by Gasteiger charge is -2.25. The third-order valence-electron chi connectivity index (χ3n) is 5.06. The SMILES string of the molecule is C=Cc1ccc(N(CCCCCCCC)CCCCCCCC)cc1. The Morgan fingerprint density at radius 3 is 1.56 bits per heavy atom. The molecule has 0 heterocycles. The minimum absolute atomic E-state index is 1.20. The molecule has 1 nitrogen and oxygen atoms in total. The van der Waals surface area contributed by atoms with Gasteiger partial charge in [0.2, 0.25) is 0 Å². The summed E-state index contributed by atoms with van der Waals surface area (Å²) >= 11 is 0. The van der Waals surface area contributed by atoms with Gasteiger partial charge in [0, 0.05) is 18.8 Å². The molecule has 0 aliphatic carbocycles. The Morgan fingerprint density at radius 2 is 1.12 bits per heavy atom. The van der Waals surface area contributed by atoms with Crippen LogP contribution in [0.5, 0.6) is 0 Å². The van der Waals surface area contributed by atoms with E-state index in [4.69, 9.17) is 0 Å². The molecule has 0 aromatic heterocycles. The molecule has 1 aromatic carbocycles. The second kappa shape index (κ2) is 15.0. The van der Waals surface area contributed by atoms with Crippen molar-refractivity contribution in [1.29, 1.82) is 0 Å². The first-order valence-electron chi connectivity index (χ1n) is 10.8. The summed E-state index contributed by atoms with van der Waals surface area (Å²) in [5, 5.41) is 0. The van der Waals surface area contributed by atoms with E-state index in [2.05, 4.69) is 49.6 Å². The summed E-state index contributed by atoms with van der Waals surface area (Å²) in [6, 6.07) is 8.92. The predicted molar refractivity (Wildman–Crippen MR) is 115 cm³/mol. The van der Waals surface area contributed by atoms with Crippen molar-refractivity contribution in [3.05, 3.63) is 36.4 Å². The standard InChI is InChI=1S/C24H41N/c1-4-7-9-11-13-15-21-25(22-16-14-12-10-8-5-2)24-19-17-23(6-3)18-20-24/h6,17-20H,3-5,7-16,21-22H2,1-2H3. The van der Waals surface area contributed by atoms with Crippen LogP contribution in [0.2, 0.25) is 0 Å². The van der Waals surface area contributed by atoms with Crippen molar-refractivity contribution in [2.75, 3.05) is 18.0 Å². The Kier molecular flexibility index (Phi) is 13.1. The quantitative estimate of drug-likeness (QED) is 0.276. The van der Waals surface area contributed by atoms with Crippen LogP contribution >= 0.6 is 0 Å². The molecule has 0 saturated heterocycles. The molecule has 142 valence electrons. The van der Waals surface area contributed by atoms with Crippen LogP contribution < -0.4 is 4.90 Å². The van der Waals surface area contributed by atoms with Gasteiger partial charge in [-0.25, -0.2) is 0 Å². The molecule has 0 aliphatic heterocycles. The summed E-state index contributed by atoms with van der Waals surface area (Å²) in [6.45, 7) is 10.8. The second-order valence-corrected chi connectivity index (χ2v) is 7.32. The highest BCUT2D eigenvalue weighted by Gasteiger charge is 2.06. The maximum absolute atomic E-state index is 3.86. The van der Waals surface area contributed by atoms with Crippen LogP contribution in [0.4, 0.5) is 5.69 Å². The third-order valence-corrected chi connectivity index (χ3v) is 5.06. The van der Waals surface area contributed by atoms with Gasteiger partial charge in [-0.2, -0.15) is 0 Å². The van der Waals surface area contributed by atoms with Gasteiger partial charge in [-0.1, -0.05) is 103 Å². The van der Waals surface area contributed by atoms with Crippen LogP contribution in [0.25, 0.3) is 6.08 Å². The van der Waals surface area contributed by atoms with E-state index in [1.807, 2.05) is 6.08 Å². The molecule has 1 aromatic rings. The molecule has 0 aliphatic rings. The lowest BCUT2D eigenvalue weighted by molar-refractivity contribution is 0.575. The van der Waals surface area contributed by atoms with Crippen molar-refractivity contribution in [2.24, 2.45) is 0 Å². The molecule has 0 fully saturated rings. The Labute approximate surface area is 157 Å². The van der Waals surface area contributed by atoms with Gasteiger partial charge < -0.3 is 4.90 Å². The first kappa shape index (κ1) is 21.8. The lowest BCUT2D eigenvalue weighted by Crippen LogP contribution is -2.25. The molecule has 0 bridgehead atoms. The van der Waals surface area contributed by atoms with Gasteiger partial charge in [0.25, 0.3) is 0 Å². The van der Waals surface area contributed by atoms with Crippen molar-refractivity contribution >= 4 is 11.8 Å². The highest BCUT2D eigenvalue weighted by atomic mass is 15.1. The van der Waals surface area contributed by atoms with Gasteiger partial charge in [-0.05, 0) is 30.5 Å². The zero-order chi connectivity index (χ0) is 18.2. The van der Waals surface area contributed by atoms with Crippen molar-refractivity contribution in [3.8, 4) is 0 Å². The van der Waals surface area contributed by atoms with Crippen LogP contribution in [0.1, 0.15) is 96.5 Å².